The van der Waals surface area contributed by atoms with E-state index in [2.05, 4.69) is 41.2 Å². The Morgan fingerprint density at radius 3 is 2.48 bits per heavy atom. The van der Waals surface area contributed by atoms with E-state index < -0.39 is 5.79 Å². The van der Waals surface area contributed by atoms with Crippen molar-refractivity contribution in [3.05, 3.63) is 24.4 Å². The predicted molar refractivity (Wildman–Crippen MR) is 134 cm³/mol. The van der Waals surface area contributed by atoms with Gasteiger partial charge in [0.1, 0.15) is 5.82 Å². The summed E-state index contributed by atoms with van der Waals surface area (Å²) in [5.74, 6) is 1.04. The summed E-state index contributed by atoms with van der Waals surface area (Å²) in [4.78, 5) is 7.20. The average Bonchev–Trinajstić information content (AvgIpc) is 2.89. The second-order valence-corrected chi connectivity index (χ2v) is 11.0. The predicted octanol–water partition coefficient (Wildman–Crippen LogP) is 5.97. The maximum Gasteiger partial charge on any atom is 0.204 e. The monoisotopic (exact) mass is 456 g/mol. The van der Waals surface area contributed by atoms with Gasteiger partial charge in [-0.05, 0) is 75.6 Å². The summed E-state index contributed by atoms with van der Waals surface area (Å²) < 4.78 is 6.52. The van der Waals surface area contributed by atoms with Crippen LogP contribution in [0.15, 0.2) is 24.4 Å². The van der Waals surface area contributed by atoms with Crippen LogP contribution in [0.1, 0.15) is 90.9 Å². The van der Waals surface area contributed by atoms with Crippen LogP contribution in [0, 0.1) is 17.8 Å². The summed E-state index contributed by atoms with van der Waals surface area (Å²) in [5.41, 5.74) is 0.101. The van der Waals surface area contributed by atoms with Crippen LogP contribution in [0.3, 0.4) is 0 Å². The lowest BCUT2D eigenvalue weighted by molar-refractivity contribution is -0.290. The van der Waals surface area contributed by atoms with Gasteiger partial charge in [0.25, 0.3) is 0 Å². The van der Waals surface area contributed by atoms with Crippen LogP contribution in [0.25, 0.3) is 0 Å². The molecule has 1 aliphatic carbocycles. The van der Waals surface area contributed by atoms with Gasteiger partial charge < -0.3 is 15.0 Å². The van der Waals surface area contributed by atoms with E-state index in [9.17, 15) is 5.11 Å². The fourth-order valence-electron chi connectivity index (χ4n) is 6.89. The van der Waals surface area contributed by atoms with Gasteiger partial charge in [-0.1, -0.05) is 52.0 Å². The number of anilines is 1. The van der Waals surface area contributed by atoms with Crippen LogP contribution in [-0.2, 0) is 9.84 Å². The number of aromatic nitrogens is 1. The number of ether oxygens (including phenoxy) is 1. The van der Waals surface area contributed by atoms with E-state index in [0.717, 1.165) is 70.4 Å². The number of pyridine rings is 1. The highest BCUT2D eigenvalue weighted by atomic mass is 16.6. The summed E-state index contributed by atoms with van der Waals surface area (Å²) in [6, 6.07) is 6.22. The Labute approximate surface area is 201 Å². The molecule has 33 heavy (non-hydrogen) atoms. The lowest BCUT2D eigenvalue weighted by atomic mass is 9.76. The highest BCUT2D eigenvalue weighted by Crippen LogP contribution is 2.42. The van der Waals surface area contributed by atoms with Gasteiger partial charge in [0.15, 0.2) is 0 Å². The molecule has 0 aromatic carbocycles. The minimum atomic E-state index is -1.21. The molecule has 0 bridgehead atoms. The molecule has 2 atom stereocenters. The third kappa shape index (κ3) is 5.91. The zero-order valence-electron chi connectivity index (χ0n) is 21.1. The molecule has 0 amide bonds. The molecule has 5 nitrogen and oxygen atoms in total. The maximum atomic E-state index is 14.3. The number of piperidine rings is 2. The number of nitrogens with one attached hydrogen (secondary N) is 1. The quantitative estimate of drug-likeness (QED) is 0.465. The van der Waals surface area contributed by atoms with Gasteiger partial charge in [0.2, 0.25) is 5.79 Å². The van der Waals surface area contributed by atoms with Gasteiger partial charge in [-0.15, -0.1) is 0 Å². The van der Waals surface area contributed by atoms with Crippen LogP contribution in [0.5, 0.6) is 0 Å². The average molecular weight is 457 g/mol. The first-order valence-electron chi connectivity index (χ1n) is 13.8. The third-order valence-corrected chi connectivity index (χ3v) is 9.07. The summed E-state index contributed by atoms with van der Waals surface area (Å²) in [5, 5.41) is 17.7. The summed E-state index contributed by atoms with van der Waals surface area (Å²) in [6.07, 6.45) is 15.2. The Hall–Kier alpha value is -1.17. The van der Waals surface area contributed by atoms with E-state index in [1.165, 1.54) is 32.1 Å². The molecule has 3 aliphatic rings. The van der Waals surface area contributed by atoms with Crippen molar-refractivity contribution in [2.45, 2.75) is 102 Å². The van der Waals surface area contributed by atoms with Crippen molar-refractivity contribution < 1.29 is 9.84 Å². The molecule has 1 N–H and O–H groups in total. The minimum absolute atomic E-state index is 0.101. The smallest absolute Gasteiger partial charge is 0.204 e. The van der Waals surface area contributed by atoms with Crippen LogP contribution < -0.4 is 10.2 Å². The van der Waals surface area contributed by atoms with Crippen molar-refractivity contribution in [1.82, 2.24) is 10.3 Å². The van der Waals surface area contributed by atoms with E-state index in [1.807, 2.05) is 12.3 Å². The Bertz CT molecular complexity index is 698. The normalized spacial score (nSPS) is 26.8. The summed E-state index contributed by atoms with van der Waals surface area (Å²) in [6.45, 7) is 8.14. The molecule has 3 heterocycles. The fraction of sp³-hybridized carbons (Fsp3) is 0.821. The number of hydrogen-bond donors (Lipinski definition) is 1. The van der Waals surface area contributed by atoms with Crippen molar-refractivity contribution in [2.75, 3.05) is 31.1 Å². The van der Waals surface area contributed by atoms with E-state index in [0.29, 0.717) is 18.4 Å². The van der Waals surface area contributed by atoms with Gasteiger partial charge in [0, 0.05) is 30.6 Å². The first kappa shape index (κ1) is 24.9. The maximum absolute atomic E-state index is 14.3. The Morgan fingerprint density at radius 2 is 1.82 bits per heavy atom. The van der Waals surface area contributed by atoms with Crippen LogP contribution >= 0.6 is 0 Å². The summed E-state index contributed by atoms with van der Waals surface area (Å²) >= 11 is 0. The molecule has 185 valence electrons. The highest BCUT2D eigenvalue weighted by Gasteiger charge is 2.45. The molecule has 2 unspecified atom stereocenters. The van der Waals surface area contributed by atoms with Crippen molar-refractivity contribution in [3.63, 3.8) is 0 Å². The number of rotatable bonds is 9. The Balaban J connectivity index is 1.43. The lowest BCUT2D eigenvalue weighted by Crippen LogP contribution is -2.55. The van der Waals surface area contributed by atoms with E-state index in [4.69, 9.17) is 4.74 Å². The molecule has 3 fully saturated rings. The molecule has 1 aromatic heterocycles. The largest absolute Gasteiger partial charge is 0.351 e. The Morgan fingerprint density at radius 1 is 1.06 bits per heavy atom. The van der Waals surface area contributed by atoms with Gasteiger partial charge in [-0.3, -0.25) is 0 Å². The van der Waals surface area contributed by atoms with Gasteiger partial charge in [-0.25, -0.2) is 4.98 Å². The number of nitrogens with zero attached hydrogens (tertiary/aromatic N) is 2. The van der Waals surface area contributed by atoms with E-state index in [1.54, 1.807) is 0 Å². The topological polar surface area (TPSA) is 57.3 Å². The molecule has 0 spiro atoms. The van der Waals surface area contributed by atoms with Crippen molar-refractivity contribution >= 4 is 5.82 Å². The minimum Gasteiger partial charge on any atom is -0.351 e. The second-order valence-electron chi connectivity index (χ2n) is 11.0. The molecule has 5 heteroatoms. The van der Waals surface area contributed by atoms with Crippen molar-refractivity contribution in [2.24, 2.45) is 17.8 Å². The molecule has 2 aliphatic heterocycles. The Kier molecular flexibility index (Phi) is 8.69. The second kappa shape index (κ2) is 11.5. The van der Waals surface area contributed by atoms with Crippen molar-refractivity contribution in [3.8, 4) is 0 Å². The van der Waals surface area contributed by atoms with Gasteiger partial charge in [0.05, 0.1) is 6.61 Å². The first-order chi connectivity index (χ1) is 16.1. The number of hydrogen-bond acceptors (Lipinski definition) is 4. The van der Waals surface area contributed by atoms with Crippen LogP contribution in [0.2, 0.25) is 0 Å². The zero-order valence-corrected chi connectivity index (χ0v) is 21.1. The molecule has 4 rings (SSSR count). The molecular formula is C28H46N3O2. The third-order valence-electron chi connectivity index (χ3n) is 9.07. The lowest BCUT2D eigenvalue weighted by Gasteiger charge is -2.50. The van der Waals surface area contributed by atoms with E-state index >= 15 is 0 Å². The van der Waals surface area contributed by atoms with Crippen molar-refractivity contribution in [1.29, 1.82) is 0 Å². The zero-order chi connectivity index (χ0) is 23.2. The van der Waals surface area contributed by atoms with Gasteiger partial charge >= 0.3 is 0 Å². The van der Waals surface area contributed by atoms with Gasteiger partial charge in [-0.2, -0.15) is 5.11 Å². The molecule has 1 radical (unpaired) electrons. The van der Waals surface area contributed by atoms with E-state index in [-0.39, 0.29) is 11.5 Å². The molecule has 2 saturated heterocycles. The molecular weight excluding hydrogens is 410 g/mol. The molecule has 1 saturated carbocycles. The summed E-state index contributed by atoms with van der Waals surface area (Å²) in [7, 11) is 0. The fourth-order valence-corrected chi connectivity index (χ4v) is 6.89. The van der Waals surface area contributed by atoms with Crippen LogP contribution in [0.4, 0.5) is 5.82 Å². The highest BCUT2D eigenvalue weighted by molar-refractivity contribution is 5.42. The van der Waals surface area contributed by atoms with Crippen LogP contribution in [-0.4, -0.2) is 42.6 Å². The first-order valence-corrected chi connectivity index (χ1v) is 13.8. The standard InChI is InChI=1S/C28H46N3O2/c1-3-27(4-2)20-24(15-19-31(27)26-12-8-9-16-30-26)22-33-28(32,25-13-17-29-18-14-25)21-23-10-6-5-7-11-23/h8-9,12,16,23-25,29H,3-7,10-11,13-15,17-22H2,1-2H3. The molecule has 1 aromatic rings. The SMILES string of the molecule is CCC1(CC)CC(COC([O])(CC2CCCCC2)C2CCNCC2)CCN1c1ccccn1.